The fraction of sp³-hybridized carbons (Fsp3) is 0.889. The third-order valence-corrected chi connectivity index (χ3v) is 7.99. The van der Waals surface area contributed by atoms with Gasteiger partial charge in [0.15, 0.2) is 0 Å². The summed E-state index contributed by atoms with van der Waals surface area (Å²) in [5, 5.41) is 8.83. The first kappa shape index (κ1) is 38.7. The zero-order valence-corrected chi connectivity index (χ0v) is 26.9. The van der Waals surface area contributed by atoms with Crippen LogP contribution in [0.2, 0.25) is 0 Å². The van der Waals surface area contributed by atoms with Crippen LogP contribution in [-0.4, -0.2) is 23.1 Å². The SMILES string of the molecule is CCCCCCCC/C=C\CCCCCCCCCC(=O)OC(CCCCCCCCC)CCCCCC(=O)O. The molecule has 0 aliphatic rings. The molecule has 4 heteroatoms. The Balaban J connectivity index is 3.83. The molecule has 0 fully saturated rings. The molecule has 0 saturated heterocycles. The molecule has 0 bridgehead atoms. The first-order valence-electron chi connectivity index (χ1n) is 17.7. The van der Waals surface area contributed by atoms with Gasteiger partial charge in [-0.2, -0.15) is 0 Å². The van der Waals surface area contributed by atoms with Crippen LogP contribution in [0.3, 0.4) is 0 Å². The van der Waals surface area contributed by atoms with Crippen LogP contribution in [0.4, 0.5) is 0 Å². The van der Waals surface area contributed by atoms with Crippen LogP contribution in [-0.2, 0) is 14.3 Å². The zero-order valence-electron chi connectivity index (χ0n) is 26.9. The second kappa shape index (κ2) is 32.2. The Morgan fingerprint density at radius 2 is 0.900 bits per heavy atom. The van der Waals surface area contributed by atoms with Gasteiger partial charge in [0.25, 0.3) is 0 Å². The highest BCUT2D eigenvalue weighted by atomic mass is 16.5. The van der Waals surface area contributed by atoms with Crippen molar-refractivity contribution in [3.63, 3.8) is 0 Å². The normalized spacial score (nSPS) is 12.2. The fourth-order valence-electron chi connectivity index (χ4n) is 5.35. The van der Waals surface area contributed by atoms with E-state index in [4.69, 9.17) is 9.84 Å². The van der Waals surface area contributed by atoms with E-state index in [-0.39, 0.29) is 18.5 Å². The molecule has 0 heterocycles. The van der Waals surface area contributed by atoms with E-state index in [2.05, 4.69) is 26.0 Å². The van der Waals surface area contributed by atoms with Crippen molar-refractivity contribution in [3.8, 4) is 0 Å². The molecule has 0 aromatic rings. The Hall–Kier alpha value is -1.32. The highest BCUT2D eigenvalue weighted by Crippen LogP contribution is 2.18. The van der Waals surface area contributed by atoms with Gasteiger partial charge in [0.2, 0.25) is 0 Å². The molecule has 0 aliphatic heterocycles. The Bertz CT molecular complexity index is 571. The van der Waals surface area contributed by atoms with Gasteiger partial charge in [0.05, 0.1) is 0 Å². The topological polar surface area (TPSA) is 63.6 Å². The minimum absolute atomic E-state index is 0.00724. The van der Waals surface area contributed by atoms with Crippen molar-refractivity contribution in [1.29, 1.82) is 0 Å². The van der Waals surface area contributed by atoms with Gasteiger partial charge in [-0.05, 0) is 64.2 Å². The molecule has 0 aliphatic carbocycles. The third kappa shape index (κ3) is 31.2. The van der Waals surface area contributed by atoms with Crippen molar-refractivity contribution in [2.45, 2.75) is 206 Å². The number of rotatable bonds is 32. The summed E-state index contributed by atoms with van der Waals surface area (Å²) in [5.74, 6) is -0.761. The molecular formula is C36H68O4. The van der Waals surface area contributed by atoms with Crippen LogP contribution in [0.25, 0.3) is 0 Å². The summed E-state index contributed by atoms with van der Waals surface area (Å²) in [6.07, 6.45) is 38.0. The van der Waals surface area contributed by atoms with Gasteiger partial charge in [0, 0.05) is 12.8 Å². The summed E-state index contributed by atoms with van der Waals surface area (Å²) in [7, 11) is 0. The van der Waals surface area contributed by atoms with Crippen molar-refractivity contribution < 1.29 is 19.4 Å². The monoisotopic (exact) mass is 565 g/mol. The van der Waals surface area contributed by atoms with Gasteiger partial charge in [-0.25, -0.2) is 0 Å². The molecule has 1 atom stereocenters. The maximum atomic E-state index is 12.5. The standard InChI is InChI=1S/C36H68O4/c1-3-5-7-9-11-12-13-14-15-16-17-18-19-20-22-24-29-33-36(39)40-34(31-27-25-28-32-35(37)38)30-26-23-21-10-8-6-4-2/h14-15,34H,3-13,16-33H2,1-2H3,(H,37,38)/b15-14-. The number of hydrogen-bond donors (Lipinski definition) is 1. The summed E-state index contributed by atoms with van der Waals surface area (Å²) >= 11 is 0. The molecular weight excluding hydrogens is 496 g/mol. The summed E-state index contributed by atoms with van der Waals surface area (Å²) in [4.78, 5) is 23.2. The zero-order chi connectivity index (χ0) is 29.4. The first-order chi connectivity index (χ1) is 19.6. The van der Waals surface area contributed by atoms with Crippen molar-refractivity contribution in [2.75, 3.05) is 0 Å². The average molecular weight is 565 g/mol. The molecule has 0 aromatic heterocycles. The lowest BCUT2D eigenvalue weighted by Gasteiger charge is -2.18. The molecule has 1 unspecified atom stereocenters. The lowest BCUT2D eigenvalue weighted by atomic mass is 10.0. The number of aliphatic carboxylic acids is 1. The number of allylic oxidation sites excluding steroid dienone is 2. The molecule has 0 radical (unpaired) electrons. The van der Waals surface area contributed by atoms with Crippen LogP contribution >= 0.6 is 0 Å². The maximum Gasteiger partial charge on any atom is 0.306 e. The van der Waals surface area contributed by atoms with Gasteiger partial charge in [-0.15, -0.1) is 0 Å². The molecule has 40 heavy (non-hydrogen) atoms. The Morgan fingerprint density at radius 3 is 1.38 bits per heavy atom. The fourth-order valence-corrected chi connectivity index (χ4v) is 5.35. The van der Waals surface area contributed by atoms with E-state index >= 15 is 0 Å². The predicted octanol–water partition coefficient (Wildman–Crippen LogP) is 11.9. The van der Waals surface area contributed by atoms with Crippen LogP contribution in [0.5, 0.6) is 0 Å². The van der Waals surface area contributed by atoms with Gasteiger partial charge in [0.1, 0.15) is 6.10 Å². The summed E-state index contributed by atoms with van der Waals surface area (Å²) in [6, 6.07) is 0. The summed E-state index contributed by atoms with van der Waals surface area (Å²) in [6.45, 7) is 4.52. The van der Waals surface area contributed by atoms with Crippen LogP contribution in [0, 0.1) is 0 Å². The quantitative estimate of drug-likeness (QED) is 0.0501. The van der Waals surface area contributed by atoms with Gasteiger partial charge in [-0.1, -0.05) is 135 Å². The Morgan fingerprint density at radius 1 is 0.525 bits per heavy atom. The van der Waals surface area contributed by atoms with Gasteiger partial charge < -0.3 is 9.84 Å². The number of carboxylic acid groups (broad SMARTS) is 1. The molecule has 0 amide bonds. The molecule has 1 N–H and O–H groups in total. The minimum Gasteiger partial charge on any atom is -0.481 e. The second-order valence-corrected chi connectivity index (χ2v) is 12.1. The van der Waals surface area contributed by atoms with E-state index in [1.54, 1.807) is 0 Å². The summed E-state index contributed by atoms with van der Waals surface area (Å²) in [5.41, 5.74) is 0. The molecule has 0 aromatic carbocycles. The molecule has 236 valence electrons. The average Bonchev–Trinajstić information content (AvgIpc) is 2.93. The van der Waals surface area contributed by atoms with E-state index < -0.39 is 5.97 Å². The molecule has 0 rings (SSSR count). The number of hydrogen-bond acceptors (Lipinski definition) is 3. The van der Waals surface area contributed by atoms with E-state index in [9.17, 15) is 9.59 Å². The van der Waals surface area contributed by atoms with E-state index in [0.29, 0.717) is 12.8 Å². The van der Waals surface area contributed by atoms with E-state index in [0.717, 1.165) is 44.9 Å². The van der Waals surface area contributed by atoms with Crippen LogP contribution in [0.1, 0.15) is 200 Å². The Kier molecular flexibility index (Phi) is 31.1. The summed E-state index contributed by atoms with van der Waals surface area (Å²) < 4.78 is 5.89. The highest BCUT2D eigenvalue weighted by molar-refractivity contribution is 5.69. The molecule has 0 saturated carbocycles. The number of carbonyl (C=O) groups excluding carboxylic acids is 1. The van der Waals surface area contributed by atoms with Gasteiger partial charge in [-0.3, -0.25) is 9.59 Å². The van der Waals surface area contributed by atoms with Crippen molar-refractivity contribution in [2.24, 2.45) is 0 Å². The lowest BCUT2D eigenvalue weighted by molar-refractivity contribution is -0.150. The number of carbonyl (C=O) groups is 2. The maximum absolute atomic E-state index is 12.5. The Labute approximate surface area is 249 Å². The van der Waals surface area contributed by atoms with Crippen LogP contribution < -0.4 is 0 Å². The van der Waals surface area contributed by atoms with E-state index in [1.165, 1.54) is 122 Å². The second-order valence-electron chi connectivity index (χ2n) is 12.1. The third-order valence-electron chi connectivity index (χ3n) is 7.99. The van der Waals surface area contributed by atoms with Crippen molar-refractivity contribution in [1.82, 2.24) is 0 Å². The van der Waals surface area contributed by atoms with E-state index in [1.807, 2.05) is 0 Å². The number of esters is 1. The predicted molar refractivity (Wildman–Crippen MR) is 172 cm³/mol. The van der Waals surface area contributed by atoms with Crippen LogP contribution in [0.15, 0.2) is 12.2 Å². The number of ether oxygens (including phenoxy) is 1. The number of carboxylic acids is 1. The van der Waals surface area contributed by atoms with Gasteiger partial charge >= 0.3 is 11.9 Å². The first-order valence-corrected chi connectivity index (χ1v) is 17.7. The molecule has 0 spiro atoms. The lowest BCUT2D eigenvalue weighted by Crippen LogP contribution is -2.18. The minimum atomic E-state index is -0.725. The number of unbranched alkanes of at least 4 members (excludes halogenated alkanes) is 21. The molecule has 4 nitrogen and oxygen atoms in total. The van der Waals surface area contributed by atoms with Crippen molar-refractivity contribution in [3.05, 3.63) is 12.2 Å². The smallest absolute Gasteiger partial charge is 0.306 e. The van der Waals surface area contributed by atoms with Crippen molar-refractivity contribution >= 4 is 11.9 Å². The largest absolute Gasteiger partial charge is 0.481 e. The highest BCUT2D eigenvalue weighted by Gasteiger charge is 2.14.